The molecule has 2 saturated heterocycles. The average molecular weight is 523 g/mol. The van der Waals surface area contributed by atoms with Crippen LogP contribution in [0.25, 0.3) is 0 Å². The molecule has 2 aromatic rings. The first kappa shape index (κ1) is 26.8. The van der Waals surface area contributed by atoms with Crippen molar-refractivity contribution in [1.82, 2.24) is 9.62 Å². The number of nitrogens with one attached hydrogen (secondary N) is 1. The zero-order valence-corrected chi connectivity index (χ0v) is 21.6. The first-order valence-corrected chi connectivity index (χ1v) is 13.5. The molecular weight excluding hydrogens is 489 g/mol. The summed E-state index contributed by atoms with van der Waals surface area (Å²) in [4.78, 5) is 14.8. The Morgan fingerprint density at radius 2 is 1.69 bits per heavy atom. The van der Waals surface area contributed by atoms with E-state index in [1.807, 2.05) is 56.0 Å². The van der Waals surface area contributed by atoms with Crippen LogP contribution in [0.15, 0.2) is 42.5 Å². The molecule has 2 aliphatic heterocycles. The molecule has 1 unspecified atom stereocenters. The highest BCUT2D eigenvalue weighted by atomic mass is 32.2. The number of carbonyl (C=O) groups is 1. The summed E-state index contributed by atoms with van der Waals surface area (Å²) in [6, 6.07) is 10.4. The maximum Gasteiger partial charge on any atom is 0.410 e. The van der Waals surface area contributed by atoms with Crippen molar-refractivity contribution >= 4 is 17.5 Å². The predicted molar refractivity (Wildman–Crippen MR) is 133 cm³/mol. The number of nitrogens with zero attached hydrogens (tertiary/aromatic N) is 1. The van der Waals surface area contributed by atoms with Crippen molar-refractivity contribution in [2.45, 2.75) is 82.4 Å². The van der Waals surface area contributed by atoms with Crippen molar-refractivity contribution in [2.75, 3.05) is 0 Å². The Balaban J connectivity index is 1.48. The van der Waals surface area contributed by atoms with Crippen LogP contribution in [0.2, 0.25) is 0 Å². The molecule has 196 valence electrons. The van der Waals surface area contributed by atoms with Crippen molar-refractivity contribution in [3.05, 3.63) is 71.0 Å². The van der Waals surface area contributed by atoms with Gasteiger partial charge >= 0.3 is 6.09 Å². The van der Waals surface area contributed by atoms with Gasteiger partial charge in [-0.1, -0.05) is 30.3 Å². The quantitative estimate of drug-likeness (QED) is 0.377. The molecule has 0 aromatic heterocycles. The Morgan fingerprint density at radius 3 is 2.31 bits per heavy atom. The van der Waals surface area contributed by atoms with Gasteiger partial charge in [0.05, 0.1) is 6.04 Å². The third-order valence-electron chi connectivity index (χ3n) is 7.10. The highest BCUT2D eigenvalue weighted by molar-refractivity contribution is 7.90. The number of benzene rings is 2. The van der Waals surface area contributed by atoms with E-state index in [9.17, 15) is 22.5 Å². The smallest absolute Gasteiger partial charge is 0.410 e. The average Bonchev–Trinajstić information content (AvgIpc) is 3.09. The maximum absolute atomic E-state index is 14.5. The van der Waals surface area contributed by atoms with Crippen LogP contribution in [0.4, 0.5) is 18.0 Å². The van der Waals surface area contributed by atoms with Gasteiger partial charge in [0.15, 0.2) is 11.6 Å². The molecule has 5 nitrogen and oxygen atoms in total. The fourth-order valence-corrected chi connectivity index (χ4v) is 6.12. The van der Waals surface area contributed by atoms with Gasteiger partial charge < -0.3 is 14.2 Å². The number of ether oxygens (including phenoxy) is 1. The minimum Gasteiger partial charge on any atom is -0.598 e. The zero-order chi connectivity index (χ0) is 26.0. The predicted octanol–water partition coefficient (Wildman–Crippen LogP) is 5.65. The molecule has 1 N–H and O–H groups in total. The number of carbonyl (C=O) groups excluding carboxylic acids is 1. The monoisotopic (exact) mass is 522 g/mol. The van der Waals surface area contributed by atoms with Crippen LogP contribution in [-0.4, -0.2) is 38.4 Å². The van der Waals surface area contributed by atoms with E-state index in [0.29, 0.717) is 18.9 Å². The standard InChI is InChI=1S/C27H33F3N2O3S/c1-27(2,3)36(34)31-25(14-18-13-23(29)24(30)15-22(18)28)19-11-20-9-10-21(12-19)32(20)26(33)35-16-17-7-5-4-6-8-17/h4-8,13,15,19-21,25,31H,9-12,14,16H2,1-3H3/t19-,20-,21+,25-,36?/m0/s1. The summed E-state index contributed by atoms with van der Waals surface area (Å²) in [5.74, 6) is -3.20. The number of rotatable bonds is 7. The molecule has 36 heavy (non-hydrogen) atoms. The second kappa shape index (κ2) is 11.0. The van der Waals surface area contributed by atoms with Gasteiger partial charge in [-0.3, -0.25) is 0 Å². The molecule has 2 bridgehead atoms. The van der Waals surface area contributed by atoms with Gasteiger partial charge in [-0.2, -0.15) is 0 Å². The van der Waals surface area contributed by atoms with E-state index in [2.05, 4.69) is 4.72 Å². The first-order chi connectivity index (χ1) is 17.0. The van der Waals surface area contributed by atoms with Gasteiger partial charge in [0.25, 0.3) is 0 Å². The van der Waals surface area contributed by atoms with E-state index < -0.39 is 39.6 Å². The molecule has 1 amide bonds. The SMILES string of the molecule is CC(C)(C)[S+]([O-])N[C@@H](Cc1cc(F)c(F)cc1F)[C@@H]1C[C@H]2CC[C@@H](C1)N2C(=O)OCc1ccccc1. The third-order valence-corrected chi connectivity index (χ3v) is 8.73. The highest BCUT2D eigenvalue weighted by Gasteiger charge is 2.47. The second-order valence-electron chi connectivity index (χ2n) is 10.7. The summed E-state index contributed by atoms with van der Waals surface area (Å²) in [6.45, 7) is 5.70. The third kappa shape index (κ3) is 6.18. The molecule has 2 fully saturated rings. The number of piperidine rings is 1. The fraction of sp³-hybridized carbons (Fsp3) is 0.519. The lowest BCUT2D eigenvalue weighted by Gasteiger charge is -2.41. The molecule has 2 heterocycles. The molecular formula is C27H33F3N2O3S. The molecule has 5 atom stereocenters. The lowest BCUT2D eigenvalue weighted by atomic mass is 9.83. The van der Waals surface area contributed by atoms with Crippen LogP contribution in [0.5, 0.6) is 0 Å². The summed E-state index contributed by atoms with van der Waals surface area (Å²) >= 11 is -1.45. The molecule has 0 spiro atoms. The van der Waals surface area contributed by atoms with Crippen molar-refractivity contribution in [3.63, 3.8) is 0 Å². The number of halogens is 3. The number of hydrogen-bond acceptors (Lipinski definition) is 4. The normalized spacial score (nSPS) is 23.4. The van der Waals surface area contributed by atoms with E-state index in [1.165, 1.54) is 0 Å². The van der Waals surface area contributed by atoms with Crippen LogP contribution >= 0.6 is 0 Å². The molecule has 4 rings (SSSR count). The lowest BCUT2D eigenvalue weighted by molar-refractivity contribution is 0.0483. The van der Waals surface area contributed by atoms with E-state index in [1.54, 1.807) is 0 Å². The van der Waals surface area contributed by atoms with E-state index in [4.69, 9.17) is 4.74 Å². The Kier molecular flexibility index (Phi) is 8.22. The Hall–Kier alpha value is -2.23. The van der Waals surface area contributed by atoms with Crippen LogP contribution in [0, 0.1) is 23.4 Å². The molecule has 2 aromatic carbocycles. The van der Waals surface area contributed by atoms with Crippen molar-refractivity contribution < 1.29 is 27.3 Å². The largest absolute Gasteiger partial charge is 0.598 e. The molecule has 9 heteroatoms. The van der Waals surface area contributed by atoms with Crippen LogP contribution in [0.3, 0.4) is 0 Å². The minimum absolute atomic E-state index is 0.0283. The summed E-state index contributed by atoms with van der Waals surface area (Å²) in [5, 5.41) is 0. The fourth-order valence-electron chi connectivity index (χ4n) is 5.22. The molecule has 0 radical (unpaired) electrons. The summed E-state index contributed by atoms with van der Waals surface area (Å²) in [6.07, 6.45) is 2.63. The minimum atomic E-state index is -1.45. The van der Waals surface area contributed by atoms with Crippen molar-refractivity contribution in [2.24, 2.45) is 5.92 Å². The summed E-state index contributed by atoms with van der Waals surface area (Å²) in [7, 11) is 0. The van der Waals surface area contributed by atoms with Crippen molar-refractivity contribution in [1.29, 1.82) is 0 Å². The highest BCUT2D eigenvalue weighted by Crippen LogP contribution is 2.41. The van der Waals surface area contributed by atoms with Gasteiger partial charge in [-0.25, -0.2) is 18.0 Å². The Bertz CT molecular complexity index is 1050. The van der Waals surface area contributed by atoms with Gasteiger partial charge in [0, 0.05) is 29.5 Å². The zero-order valence-electron chi connectivity index (χ0n) is 20.8. The van der Waals surface area contributed by atoms with Gasteiger partial charge in [-0.15, -0.1) is 4.72 Å². The first-order valence-electron chi connectivity index (χ1n) is 12.3. The van der Waals surface area contributed by atoms with E-state index in [-0.39, 0.29) is 42.7 Å². The van der Waals surface area contributed by atoms with Crippen LogP contribution < -0.4 is 4.72 Å². The molecule has 0 saturated carbocycles. The maximum atomic E-state index is 14.5. The lowest BCUT2D eigenvalue weighted by Crippen LogP contribution is -2.54. The van der Waals surface area contributed by atoms with Crippen LogP contribution in [-0.2, 0) is 29.1 Å². The number of hydrogen-bond donors (Lipinski definition) is 1. The Morgan fingerprint density at radius 1 is 1.08 bits per heavy atom. The van der Waals surface area contributed by atoms with E-state index >= 15 is 0 Å². The molecule has 0 aliphatic carbocycles. The summed E-state index contributed by atoms with van der Waals surface area (Å²) in [5.41, 5.74) is 0.949. The van der Waals surface area contributed by atoms with Crippen LogP contribution in [0.1, 0.15) is 57.6 Å². The second-order valence-corrected chi connectivity index (χ2v) is 12.7. The van der Waals surface area contributed by atoms with Gasteiger partial charge in [0.2, 0.25) is 0 Å². The topological polar surface area (TPSA) is 64.6 Å². The summed E-state index contributed by atoms with van der Waals surface area (Å²) < 4.78 is 63.0. The molecule has 2 aliphatic rings. The number of fused-ring (bicyclic) bond motifs is 2. The Labute approximate surface area is 213 Å². The number of amides is 1. The van der Waals surface area contributed by atoms with Gasteiger partial charge in [0.1, 0.15) is 17.2 Å². The van der Waals surface area contributed by atoms with E-state index in [0.717, 1.165) is 24.5 Å². The van der Waals surface area contributed by atoms with Crippen molar-refractivity contribution in [3.8, 4) is 0 Å². The van der Waals surface area contributed by atoms with Gasteiger partial charge in [-0.05, 0) is 76.0 Å².